The molecule has 0 aromatic heterocycles. The van der Waals surface area contributed by atoms with Crippen molar-refractivity contribution in [3.8, 4) is 0 Å². The molecule has 19 heavy (non-hydrogen) atoms. The fourth-order valence-electron chi connectivity index (χ4n) is 3.55. The van der Waals surface area contributed by atoms with Crippen molar-refractivity contribution in [1.29, 1.82) is 0 Å². The van der Waals surface area contributed by atoms with Crippen LogP contribution < -0.4 is 0 Å². The van der Waals surface area contributed by atoms with Gasteiger partial charge in [-0.1, -0.05) is 31.0 Å². The largest absolute Gasteiger partial charge is 0.462 e. The Morgan fingerprint density at radius 3 is 2.84 bits per heavy atom. The van der Waals surface area contributed by atoms with Gasteiger partial charge in [0.25, 0.3) is 0 Å². The Morgan fingerprint density at radius 2 is 2.11 bits per heavy atom. The van der Waals surface area contributed by atoms with Crippen LogP contribution in [0.5, 0.6) is 0 Å². The summed E-state index contributed by atoms with van der Waals surface area (Å²) in [4.78, 5) is 11.8. The Balaban J connectivity index is 1.55. The second kappa shape index (κ2) is 4.97. The molecule has 2 fully saturated rings. The van der Waals surface area contributed by atoms with Crippen LogP contribution in [-0.4, -0.2) is 23.3 Å². The SMILES string of the molecule is O=C(OC[C@@H]1C[C@@H]2CCCC[C@]12O)c1ccccc1. The van der Waals surface area contributed by atoms with Crippen LogP contribution in [0.25, 0.3) is 0 Å². The molecule has 102 valence electrons. The first-order valence-corrected chi connectivity index (χ1v) is 7.15. The molecule has 1 aromatic carbocycles. The monoisotopic (exact) mass is 260 g/mol. The summed E-state index contributed by atoms with van der Waals surface area (Å²) < 4.78 is 5.35. The Hall–Kier alpha value is -1.35. The molecule has 1 N–H and O–H groups in total. The molecular formula is C16H20O3. The Morgan fingerprint density at radius 1 is 1.32 bits per heavy atom. The van der Waals surface area contributed by atoms with Crippen molar-refractivity contribution >= 4 is 5.97 Å². The highest BCUT2D eigenvalue weighted by Crippen LogP contribution is 2.52. The molecule has 0 aliphatic heterocycles. The molecule has 3 nitrogen and oxygen atoms in total. The van der Waals surface area contributed by atoms with Crippen LogP contribution >= 0.6 is 0 Å². The third-order valence-electron chi connectivity index (χ3n) is 4.79. The van der Waals surface area contributed by atoms with E-state index in [2.05, 4.69) is 0 Å². The van der Waals surface area contributed by atoms with Gasteiger partial charge in [0.2, 0.25) is 0 Å². The maximum absolute atomic E-state index is 11.8. The highest BCUT2D eigenvalue weighted by Gasteiger charge is 2.54. The van der Waals surface area contributed by atoms with Crippen LogP contribution in [0, 0.1) is 11.8 Å². The maximum atomic E-state index is 11.8. The van der Waals surface area contributed by atoms with Crippen molar-refractivity contribution < 1.29 is 14.6 Å². The highest BCUT2D eigenvalue weighted by molar-refractivity contribution is 5.89. The zero-order chi connectivity index (χ0) is 13.3. The van der Waals surface area contributed by atoms with E-state index in [1.165, 1.54) is 6.42 Å². The molecule has 2 saturated carbocycles. The third-order valence-corrected chi connectivity index (χ3v) is 4.79. The fourth-order valence-corrected chi connectivity index (χ4v) is 3.55. The van der Waals surface area contributed by atoms with Gasteiger partial charge in [0.15, 0.2) is 0 Å². The van der Waals surface area contributed by atoms with Crippen LogP contribution in [0.2, 0.25) is 0 Å². The Labute approximate surface area is 113 Å². The van der Waals surface area contributed by atoms with Crippen molar-refractivity contribution in [3.05, 3.63) is 35.9 Å². The smallest absolute Gasteiger partial charge is 0.338 e. The van der Waals surface area contributed by atoms with Gasteiger partial charge in [-0.2, -0.15) is 0 Å². The molecule has 0 heterocycles. The fraction of sp³-hybridized carbons (Fsp3) is 0.562. The normalized spacial score (nSPS) is 33.1. The molecule has 2 aliphatic carbocycles. The molecule has 2 aliphatic rings. The topological polar surface area (TPSA) is 46.5 Å². The summed E-state index contributed by atoms with van der Waals surface area (Å²) in [5.41, 5.74) is 0.0175. The second-order valence-electron chi connectivity index (χ2n) is 5.83. The first kappa shape index (κ1) is 12.7. The van der Waals surface area contributed by atoms with Gasteiger partial charge in [-0.25, -0.2) is 4.79 Å². The minimum Gasteiger partial charge on any atom is -0.462 e. The summed E-state index contributed by atoms with van der Waals surface area (Å²) in [7, 11) is 0. The van der Waals surface area contributed by atoms with E-state index in [1.807, 2.05) is 18.2 Å². The molecule has 3 atom stereocenters. The molecule has 3 heteroatoms. The van der Waals surface area contributed by atoms with Crippen LogP contribution in [0.4, 0.5) is 0 Å². The van der Waals surface area contributed by atoms with Crippen molar-refractivity contribution in [2.75, 3.05) is 6.61 Å². The molecular weight excluding hydrogens is 240 g/mol. The van der Waals surface area contributed by atoms with Crippen LogP contribution in [0.15, 0.2) is 30.3 Å². The van der Waals surface area contributed by atoms with Crippen LogP contribution in [0.1, 0.15) is 42.5 Å². The zero-order valence-corrected chi connectivity index (χ0v) is 11.0. The van der Waals surface area contributed by atoms with Gasteiger partial charge < -0.3 is 9.84 Å². The van der Waals surface area contributed by atoms with Gasteiger partial charge in [-0.3, -0.25) is 0 Å². The van der Waals surface area contributed by atoms with Crippen LogP contribution in [0.3, 0.4) is 0 Å². The lowest BCUT2D eigenvalue weighted by Crippen LogP contribution is -2.58. The number of fused-ring (bicyclic) bond motifs is 1. The summed E-state index contributed by atoms with van der Waals surface area (Å²) >= 11 is 0. The average Bonchev–Trinajstić information content (AvgIpc) is 2.44. The van der Waals surface area contributed by atoms with E-state index >= 15 is 0 Å². The predicted octanol–water partition coefficient (Wildman–Crippen LogP) is 2.78. The molecule has 0 amide bonds. The first-order chi connectivity index (χ1) is 9.20. The Kier molecular flexibility index (Phi) is 3.31. The van der Waals surface area contributed by atoms with E-state index in [9.17, 15) is 9.90 Å². The Bertz CT molecular complexity index is 456. The quantitative estimate of drug-likeness (QED) is 0.850. The number of esters is 1. The zero-order valence-electron chi connectivity index (χ0n) is 11.0. The molecule has 0 bridgehead atoms. The molecule has 3 rings (SSSR count). The van der Waals surface area contributed by atoms with E-state index in [-0.39, 0.29) is 11.9 Å². The first-order valence-electron chi connectivity index (χ1n) is 7.15. The molecule has 0 radical (unpaired) electrons. The lowest BCUT2D eigenvalue weighted by atomic mass is 9.55. The number of carbonyl (C=O) groups is 1. The van der Waals surface area contributed by atoms with Gasteiger partial charge in [0, 0.05) is 5.92 Å². The van der Waals surface area contributed by atoms with Crippen molar-refractivity contribution in [2.45, 2.75) is 37.7 Å². The lowest BCUT2D eigenvalue weighted by molar-refractivity contribution is -0.184. The van der Waals surface area contributed by atoms with Crippen molar-refractivity contribution in [1.82, 2.24) is 0 Å². The predicted molar refractivity (Wildman–Crippen MR) is 71.7 cm³/mol. The number of hydrogen-bond acceptors (Lipinski definition) is 3. The molecule has 0 unspecified atom stereocenters. The number of benzene rings is 1. The number of hydrogen-bond donors (Lipinski definition) is 1. The van der Waals surface area contributed by atoms with E-state index in [4.69, 9.17) is 4.74 Å². The van der Waals surface area contributed by atoms with Gasteiger partial charge >= 0.3 is 5.97 Å². The van der Waals surface area contributed by atoms with Gasteiger partial charge in [0.1, 0.15) is 0 Å². The van der Waals surface area contributed by atoms with E-state index in [1.54, 1.807) is 12.1 Å². The standard InChI is InChI=1S/C16H20O3/c17-15(12-6-2-1-3-7-12)19-11-14-10-13-8-4-5-9-16(13,14)18/h1-3,6-7,13-14,18H,4-5,8-11H2/t13-,14-,16+/m0/s1. The average molecular weight is 260 g/mol. The van der Waals surface area contributed by atoms with E-state index < -0.39 is 5.60 Å². The van der Waals surface area contributed by atoms with Crippen molar-refractivity contribution in [3.63, 3.8) is 0 Å². The van der Waals surface area contributed by atoms with Gasteiger partial charge in [0.05, 0.1) is 17.8 Å². The van der Waals surface area contributed by atoms with E-state index in [0.29, 0.717) is 18.1 Å². The number of rotatable bonds is 3. The lowest BCUT2D eigenvalue weighted by Gasteiger charge is -2.55. The van der Waals surface area contributed by atoms with Gasteiger partial charge in [-0.05, 0) is 37.3 Å². The summed E-state index contributed by atoms with van der Waals surface area (Å²) in [5.74, 6) is 0.274. The summed E-state index contributed by atoms with van der Waals surface area (Å²) in [6.45, 7) is 0.348. The van der Waals surface area contributed by atoms with E-state index in [0.717, 1.165) is 25.7 Å². The molecule has 0 saturated heterocycles. The molecule has 1 aromatic rings. The maximum Gasteiger partial charge on any atom is 0.338 e. The van der Waals surface area contributed by atoms with Crippen LogP contribution in [-0.2, 0) is 4.74 Å². The molecule has 0 spiro atoms. The van der Waals surface area contributed by atoms with Crippen molar-refractivity contribution in [2.24, 2.45) is 11.8 Å². The summed E-state index contributed by atoms with van der Waals surface area (Å²) in [6, 6.07) is 9.02. The number of carbonyl (C=O) groups excluding carboxylic acids is 1. The van der Waals surface area contributed by atoms with Gasteiger partial charge in [-0.15, -0.1) is 0 Å². The third kappa shape index (κ3) is 2.27. The highest BCUT2D eigenvalue weighted by atomic mass is 16.5. The number of aliphatic hydroxyl groups is 1. The minimum atomic E-state index is -0.560. The number of ether oxygens (including phenoxy) is 1. The summed E-state index contributed by atoms with van der Waals surface area (Å²) in [6.07, 6.45) is 5.31. The minimum absolute atomic E-state index is 0.130. The summed E-state index contributed by atoms with van der Waals surface area (Å²) in [5, 5.41) is 10.6. The second-order valence-corrected chi connectivity index (χ2v) is 5.83.